The lowest BCUT2D eigenvalue weighted by molar-refractivity contribution is 0.0383. The van der Waals surface area contributed by atoms with Gasteiger partial charge in [-0.2, -0.15) is 0 Å². The maximum atomic E-state index is 12.3. The highest BCUT2D eigenvalue weighted by molar-refractivity contribution is 5.93. The van der Waals surface area contributed by atoms with Crippen LogP contribution in [0, 0.1) is 0 Å². The number of morpholine rings is 1. The highest BCUT2D eigenvalue weighted by atomic mass is 16.5. The Hall–Kier alpha value is -2.63. The second kappa shape index (κ2) is 8.37. The molecule has 3 heterocycles. The average molecular weight is 382 g/mol. The van der Waals surface area contributed by atoms with Gasteiger partial charge in [0.25, 0.3) is 11.5 Å². The third-order valence-corrected chi connectivity index (χ3v) is 4.45. The summed E-state index contributed by atoms with van der Waals surface area (Å²) in [5.41, 5.74) is -1.82. The van der Waals surface area contributed by atoms with Gasteiger partial charge in [-0.1, -0.05) is 0 Å². The average Bonchev–Trinajstić information content (AvgIpc) is 3.03. The molecule has 4 N–H and O–H groups in total. The van der Waals surface area contributed by atoms with Gasteiger partial charge in [-0.25, -0.2) is 4.79 Å². The summed E-state index contributed by atoms with van der Waals surface area (Å²) in [5, 5.41) is 21.5. The Kier molecular flexibility index (Phi) is 5.94. The molecule has 148 valence electrons. The molecule has 0 saturated carbocycles. The first-order chi connectivity index (χ1) is 13.0. The minimum absolute atomic E-state index is 0.0467. The number of nitrogens with zero attached hydrogens (tertiary/aromatic N) is 2. The van der Waals surface area contributed by atoms with Gasteiger partial charge in [0.1, 0.15) is 17.9 Å². The zero-order valence-electron chi connectivity index (χ0n) is 14.6. The molecule has 1 aromatic heterocycles. The summed E-state index contributed by atoms with van der Waals surface area (Å²) in [4.78, 5) is 40.6. The minimum atomic E-state index is -0.948. The van der Waals surface area contributed by atoms with Crippen LogP contribution in [0.15, 0.2) is 27.3 Å². The molecule has 0 bridgehead atoms. The minimum Gasteiger partial charge on any atom is -0.508 e. The maximum absolute atomic E-state index is 12.3. The first kappa shape index (κ1) is 19.1. The van der Waals surface area contributed by atoms with Crippen LogP contribution < -0.4 is 16.6 Å². The van der Waals surface area contributed by atoms with Crippen LogP contribution in [0.2, 0.25) is 0 Å². The monoisotopic (exact) mass is 382 g/mol. The van der Waals surface area contributed by atoms with Crippen molar-refractivity contribution in [3.05, 3.63) is 44.1 Å². The summed E-state index contributed by atoms with van der Waals surface area (Å²) >= 11 is 0. The standard InChI is InChI=1S/C16H22N4O7/c21-9-12-11(22)7-13(27-12)20-8-10(15(24)18-16(20)25)14(23)17-1-2-19-3-5-26-6-4-19/h8,13,21-22H,1-7,9H2,(H,17,23)(H,18,24,25). The summed E-state index contributed by atoms with van der Waals surface area (Å²) in [6.07, 6.45) is 0.0973. The predicted molar refractivity (Wildman–Crippen MR) is 92.4 cm³/mol. The van der Waals surface area contributed by atoms with E-state index in [1.165, 1.54) is 0 Å². The van der Waals surface area contributed by atoms with Crippen molar-refractivity contribution in [2.45, 2.75) is 12.6 Å². The van der Waals surface area contributed by atoms with Gasteiger partial charge in [0.2, 0.25) is 0 Å². The fourth-order valence-electron chi connectivity index (χ4n) is 2.95. The van der Waals surface area contributed by atoms with Crippen LogP contribution in [0.25, 0.3) is 0 Å². The molecule has 2 aliphatic rings. The number of hydrogen-bond donors (Lipinski definition) is 4. The molecule has 2 aliphatic heterocycles. The number of nitrogens with one attached hydrogen (secondary N) is 2. The van der Waals surface area contributed by atoms with Gasteiger partial charge in [0.05, 0.1) is 19.6 Å². The summed E-state index contributed by atoms with van der Waals surface area (Å²) < 4.78 is 11.6. The van der Waals surface area contributed by atoms with E-state index in [1.54, 1.807) is 0 Å². The number of carbonyl (C=O) groups excluding carboxylic acids is 1. The van der Waals surface area contributed by atoms with Crippen molar-refractivity contribution in [3.8, 4) is 0 Å². The van der Waals surface area contributed by atoms with Crippen molar-refractivity contribution in [2.24, 2.45) is 0 Å². The summed E-state index contributed by atoms with van der Waals surface area (Å²) in [6, 6.07) is 0. The molecular weight excluding hydrogens is 360 g/mol. The molecule has 1 amide bonds. The van der Waals surface area contributed by atoms with Crippen molar-refractivity contribution < 1.29 is 24.5 Å². The molecule has 1 fully saturated rings. The second-order valence-corrected chi connectivity index (χ2v) is 6.22. The Balaban J connectivity index is 1.67. The van der Waals surface area contributed by atoms with Gasteiger partial charge in [-0.3, -0.25) is 24.0 Å². The van der Waals surface area contributed by atoms with E-state index in [9.17, 15) is 19.5 Å². The lowest BCUT2D eigenvalue weighted by atomic mass is 10.3. The number of aliphatic hydroxyl groups is 2. The van der Waals surface area contributed by atoms with Crippen molar-refractivity contribution in [1.82, 2.24) is 19.8 Å². The number of H-pyrrole nitrogens is 1. The van der Waals surface area contributed by atoms with Crippen LogP contribution in [0.4, 0.5) is 0 Å². The van der Waals surface area contributed by atoms with Crippen LogP contribution in [-0.4, -0.2) is 76.6 Å². The summed E-state index contributed by atoms with van der Waals surface area (Å²) in [7, 11) is 0. The SMILES string of the molecule is O=C(NCCN1CCOCC1)c1cn(C2CC(O)=C(CO)O2)c(=O)[nH]c1=O. The zero-order valence-corrected chi connectivity index (χ0v) is 14.6. The fraction of sp³-hybridized carbons (Fsp3) is 0.562. The summed E-state index contributed by atoms with van der Waals surface area (Å²) in [6.45, 7) is 3.31. The Bertz CT molecular complexity index is 838. The lowest BCUT2D eigenvalue weighted by Crippen LogP contribution is -2.43. The molecule has 0 spiro atoms. The van der Waals surface area contributed by atoms with E-state index in [-0.39, 0.29) is 23.5 Å². The van der Waals surface area contributed by atoms with Crippen molar-refractivity contribution in [2.75, 3.05) is 46.0 Å². The quantitative estimate of drug-likeness (QED) is 0.454. The molecular formula is C16H22N4O7. The number of aromatic amines is 1. The molecule has 0 aromatic carbocycles. The van der Waals surface area contributed by atoms with E-state index in [0.717, 1.165) is 23.9 Å². The van der Waals surface area contributed by atoms with Crippen LogP contribution in [0.1, 0.15) is 23.0 Å². The van der Waals surface area contributed by atoms with Crippen molar-refractivity contribution in [1.29, 1.82) is 0 Å². The van der Waals surface area contributed by atoms with Crippen LogP contribution >= 0.6 is 0 Å². The van der Waals surface area contributed by atoms with Gasteiger partial charge in [-0.15, -0.1) is 0 Å². The maximum Gasteiger partial charge on any atom is 0.331 e. The Morgan fingerprint density at radius 1 is 1.33 bits per heavy atom. The molecule has 1 saturated heterocycles. The Morgan fingerprint density at radius 2 is 2.07 bits per heavy atom. The van der Waals surface area contributed by atoms with Crippen LogP contribution in [0.5, 0.6) is 0 Å². The molecule has 1 unspecified atom stereocenters. The fourth-order valence-corrected chi connectivity index (χ4v) is 2.95. The van der Waals surface area contributed by atoms with E-state index in [2.05, 4.69) is 15.2 Å². The van der Waals surface area contributed by atoms with Crippen LogP contribution in [-0.2, 0) is 9.47 Å². The predicted octanol–water partition coefficient (Wildman–Crippen LogP) is -1.72. The van der Waals surface area contributed by atoms with Gasteiger partial charge in [0, 0.05) is 32.4 Å². The summed E-state index contributed by atoms with van der Waals surface area (Å²) in [5.74, 6) is -0.845. The van der Waals surface area contributed by atoms with E-state index in [1.807, 2.05) is 0 Å². The number of ether oxygens (including phenoxy) is 2. The molecule has 0 aliphatic carbocycles. The number of carbonyl (C=O) groups is 1. The highest BCUT2D eigenvalue weighted by Gasteiger charge is 2.28. The number of aromatic nitrogens is 2. The molecule has 1 aromatic rings. The smallest absolute Gasteiger partial charge is 0.331 e. The van der Waals surface area contributed by atoms with Crippen molar-refractivity contribution in [3.63, 3.8) is 0 Å². The van der Waals surface area contributed by atoms with Gasteiger partial charge in [0.15, 0.2) is 12.0 Å². The zero-order chi connectivity index (χ0) is 19.4. The largest absolute Gasteiger partial charge is 0.508 e. The normalized spacial score (nSPS) is 20.6. The first-order valence-corrected chi connectivity index (χ1v) is 8.62. The van der Waals surface area contributed by atoms with Crippen LogP contribution in [0.3, 0.4) is 0 Å². The molecule has 11 heteroatoms. The van der Waals surface area contributed by atoms with Gasteiger partial charge >= 0.3 is 5.69 Å². The van der Waals surface area contributed by atoms with Crippen molar-refractivity contribution >= 4 is 5.91 Å². The molecule has 11 nitrogen and oxygen atoms in total. The molecule has 3 rings (SSSR count). The molecule has 0 radical (unpaired) electrons. The first-order valence-electron chi connectivity index (χ1n) is 8.62. The highest BCUT2D eigenvalue weighted by Crippen LogP contribution is 2.29. The number of amides is 1. The third-order valence-electron chi connectivity index (χ3n) is 4.45. The van der Waals surface area contributed by atoms with E-state index in [4.69, 9.17) is 14.6 Å². The number of rotatable bonds is 6. The van der Waals surface area contributed by atoms with E-state index >= 15 is 0 Å². The lowest BCUT2D eigenvalue weighted by Gasteiger charge is -2.26. The van der Waals surface area contributed by atoms with Gasteiger partial charge in [-0.05, 0) is 0 Å². The Morgan fingerprint density at radius 3 is 2.74 bits per heavy atom. The van der Waals surface area contributed by atoms with E-state index in [0.29, 0.717) is 26.3 Å². The number of hydrogen-bond acceptors (Lipinski definition) is 8. The Labute approximate surface area is 153 Å². The molecule has 1 atom stereocenters. The topological polar surface area (TPSA) is 146 Å². The molecule has 27 heavy (non-hydrogen) atoms. The van der Waals surface area contributed by atoms with Gasteiger partial charge < -0.3 is 25.0 Å². The van der Waals surface area contributed by atoms with E-state index < -0.39 is 30.0 Å². The third kappa shape index (κ3) is 4.38. The number of aliphatic hydroxyl groups excluding tert-OH is 2. The second-order valence-electron chi connectivity index (χ2n) is 6.22.